The molecule has 0 bridgehead atoms. The summed E-state index contributed by atoms with van der Waals surface area (Å²) in [5.41, 5.74) is 4.56. The quantitative estimate of drug-likeness (QED) is 0.721. The number of nitrogens with zero attached hydrogens (tertiary/aromatic N) is 2. The molecule has 0 saturated carbocycles. The van der Waals surface area contributed by atoms with Gasteiger partial charge in [-0.1, -0.05) is 30.3 Å². The van der Waals surface area contributed by atoms with E-state index in [-0.39, 0.29) is 0 Å². The van der Waals surface area contributed by atoms with E-state index in [2.05, 4.69) is 29.9 Å². The van der Waals surface area contributed by atoms with Gasteiger partial charge in [-0.05, 0) is 42.3 Å². The van der Waals surface area contributed by atoms with Crippen LogP contribution < -0.4 is 0 Å². The van der Waals surface area contributed by atoms with Crippen LogP contribution in [-0.2, 0) is 6.54 Å². The van der Waals surface area contributed by atoms with Crippen LogP contribution in [-0.4, -0.2) is 6.72 Å². The molecule has 0 radical (unpaired) electrons. The molecule has 2 nitrogen and oxygen atoms in total. The average Bonchev–Trinajstić information content (AvgIpc) is 2.40. The van der Waals surface area contributed by atoms with E-state index in [0.29, 0.717) is 6.54 Å². The second-order valence-electron chi connectivity index (χ2n) is 4.03. The summed E-state index contributed by atoms with van der Waals surface area (Å²) in [5.74, 6) is 0. The zero-order chi connectivity index (χ0) is 12.1. The molecule has 84 valence electrons. The lowest BCUT2D eigenvalue weighted by atomic mass is 9.91. The molecule has 0 aliphatic heterocycles. The lowest BCUT2D eigenvalue weighted by Gasteiger charge is -2.14. The molecule has 1 aromatic rings. The van der Waals surface area contributed by atoms with E-state index in [0.717, 1.165) is 18.4 Å². The SMILES string of the molecule is C=NCc1ccccc1C1=CC=C(C#N)CC1. The molecule has 0 N–H and O–H groups in total. The highest BCUT2D eigenvalue weighted by atomic mass is 14.7. The van der Waals surface area contributed by atoms with Crippen LogP contribution in [0.15, 0.2) is 47.0 Å². The van der Waals surface area contributed by atoms with Crippen LogP contribution in [0.2, 0.25) is 0 Å². The number of hydrogen-bond donors (Lipinski definition) is 0. The van der Waals surface area contributed by atoms with Crippen molar-refractivity contribution in [3.05, 3.63) is 53.1 Å². The van der Waals surface area contributed by atoms with Gasteiger partial charge in [0, 0.05) is 5.57 Å². The molecule has 0 aromatic heterocycles. The van der Waals surface area contributed by atoms with Crippen LogP contribution in [0.4, 0.5) is 0 Å². The molecular formula is C15H14N2. The van der Waals surface area contributed by atoms with Crippen molar-refractivity contribution in [3.8, 4) is 6.07 Å². The highest BCUT2D eigenvalue weighted by Crippen LogP contribution is 2.28. The molecule has 2 rings (SSSR count). The highest BCUT2D eigenvalue weighted by molar-refractivity contribution is 5.71. The van der Waals surface area contributed by atoms with E-state index < -0.39 is 0 Å². The molecule has 0 atom stereocenters. The molecule has 0 amide bonds. The van der Waals surface area contributed by atoms with Gasteiger partial charge in [-0.3, -0.25) is 4.99 Å². The minimum absolute atomic E-state index is 0.641. The maximum Gasteiger partial charge on any atom is 0.0947 e. The van der Waals surface area contributed by atoms with Gasteiger partial charge in [-0.25, -0.2) is 0 Å². The summed E-state index contributed by atoms with van der Waals surface area (Å²) >= 11 is 0. The van der Waals surface area contributed by atoms with Crippen LogP contribution in [0.1, 0.15) is 24.0 Å². The van der Waals surface area contributed by atoms with E-state index in [9.17, 15) is 0 Å². The Morgan fingerprint density at radius 3 is 2.71 bits per heavy atom. The summed E-state index contributed by atoms with van der Waals surface area (Å²) in [6.07, 6.45) is 5.71. The van der Waals surface area contributed by atoms with Crippen molar-refractivity contribution in [2.75, 3.05) is 0 Å². The van der Waals surface area contributed by atoms with Crippen molar-refractivity contribution in [2.24, 2.45) is 4.99 Å². The van der Waals surface area contributed by atoms with E-state index in [1.807, 2.05) is 24.3 Å². The zero-order valence-corrected chi connectivity index (χ0v) is 9.69. The Bertz CT molecular complexity index is 530. The molecule has 0 spiro atoms. The molecule has 0 fully saturated rings. The van der Waals surface area contributed by atoms with E-state index in [4.69, 9.17) is 5.26 Å². The Kier molecular flexibility index (Phi) is 3.52. The van der Waals surface area contributed by atoms with Gasteiger partial charge in [0.05, 0.1) is 12.6 Å². The number of allylic oxidation sites excluding steroid dienone is 4. The Balaban J connectivity index is 2.36. The van der Waals surface area contributed by atoms with Crippen LogP contribution in [0.3, 0.4) is 0 Å². The third-order valence-corrected chi connectivity index (χ3v) is 2.94. The van der Waals surface area contributed by atoms with Crippen LogP contribution >= 0.6 is 0 Å². The fourth-order valence-corrected chi connectivity index (χ4v) is 2.05. The summed E-state index contributed by atoms with van der Waals surface area (Å²) in [5, 5.41) is 8.82. The Morgan fingerprint density at radius 1 is 1.24 bits per heavy atom. The fraction of sp³-hybridized carbons (Fsp3) is 0.200. The zero-order valence-electron chi connectivity index (χ0n) is 9.69. The minimum atomic E-state index is 0.641. The van der Waals surface area contributed by atoms with Crippen molar-refractivity contribution in [1.82, 2.24) is 0 Å². The first-order valence-electron chi connectivity index (χ1n) is 5.65. The smallest absolute Gasteiger partial charge is 0.0947 e. The molecule has 2 heteroatoms. The Hall–Kier alpha value is -2.14. The monoisotopic (exact) mass is 222 g/mol. The molecular weight excluding hydrogens is 208 g/mol. The van der Waals surface area contributed by atoms with Gasteiger partial charge < -0.3 is 0 Å². The minimum Gasteiger partial charge on any atom is -0.296 e. The number of nitriles is 1. The summed E-state index contributed by atoms with van der Waals surface area (Å²) in [7, 11) is 0. The standard InChI is InChI=1S/C15H14N2/c1-17-11-14-4-2-3-5-15(14)13-8-6-12(10-16)7-9-13/h2-6,8H,1,7,9,11H2. The maximum absolute atomic E-state index is 8.82. The number of rotatable bonds is 3. The first-order valence-corrected chi connectivity index (χ1v) is 5.65. The lowest BCUT2D eigenvalue weighted by molar-refractivity contribution is 0.997. The molecule has 1 aliphatic carbocycles. The predicted molar refractivity (Wildman–Crippen MR) is 70.6 cm³/mol. The second-order valence-corrected chi connectivity index (χ2v) is 4.03. The van der Waals surface area contributed by atoms with Gasteiger partial charge in [0.1, 0.15) is 0 Å². The van der Waals surface area contributed by atoms with Gasteiger partial charge in [0.2, 0.25) is 0 Å². The third-order valence-electron chi connectivity index (χ3n) is 2.94. The summed E-state index contributed by atoms with van der Waals surface area (Å²) < 4.78 is 0. The van der Waals surface area contributed by atoms with Crippen molar-refractivity contribution in [3.63, 3.8) is 0 Å². The molecule has 17 heavy (non-hydrogen) atoms. The van der Waals surface area contributed by atoms with Gasteiger partial charge in [-0.15, -0.1) is 0 Å². The van der Waals surface area contributed by atoms with Crippen molar-refractivity contribution in [2.45, 2.75) is 19.4 Å². The molecule has 0 saturated heterocycles. The predicted octanol–water partition coefficient (Wildman–Crippen LogP) is 3.51. The maximum atomic E-state index is 8.82. The number of benzene rings is 1. The van der Waals surface area contributed by atoms with Crippen molar-refractivity contribution < 1.29 is 0 Å². The van der Waals surface area contributed by atoms with Crippen LogP contribution in [0.25, 0.3) is 5.57 Å². The first-order chi connectivity index (χ1) is 8.35. The molecule has 1 aromatic carbocycles. The normalized spacial score (nSPS) is 14.5. The van der Waals surface area contributed by atoms with E-state index in [1.165, 1.54) is 16.7 Å². The summed E-state index contributed by atoms with van der Waals surface area (Å²) in [6, 6.07) is 10.4. The molecule has 0 heterocycles. The van der Waals surface area contributed by atoms with Crippen LogP contribution in [0.5, 0.6) is 0 Å². The summed E-state index contributed by atoms with van der Waals surface area (Å²) in [6.45, 7) is 4.18. The topological polar surface area (TPSA) is 36.1 Å². The van der Waals surface area contributed by atoms with E-state index >= 15 is 0 Å². The Labute approximate surface area is 102 Å². The van der Waals surface area contributed by atoms with Crippen molar-refractivity contribution >= 4 is 12.3 Å². The third kappa shape index (κ3) is 2.51. The van der Waals surface area contributed by atoms with Crippen LogP contribution in [0, 0.1) is 11.3 Å². The number of aliphatic imine (C=N–C) groups is 1. The van der Waals surface area contributed by atoms with Crippen molar-refractivity contribution in [1.29, 1.82) is 5.26 Å². The Morgan fingerprint density at radius 2 is 2.06 bits per heavy atom. The van der Waals surface area contributed by atoms with E-state index in [1.54, 1.807) is 0 Å². The summed E-state index contributed by atoms with van der Waals surface area (Å²) in [4.78, 5) is 3.95. The van der Waals surface area contributed by atoms with Gasteiger partial charge in [0.15, 0.2) is 0 Å². The molecule has 1 aliphatic rings. The average molecular weight is 222 g/mol. The largest absolute Gasteiger partial charge is 0.296 e. The van der Waals surface area contributed by atoms with Gasteiger partial charge >= 0.3 is 0 Å². The molecule has 0 unspecified atom stereocenters. The van der Waals surface area contributed by atoms with Gasteiger partial charge in [-0.2, -0.15) is 5.26 Å². The fourth-order valence-electron chi connectivity index (χ4n) is 2.05. The first kappa shape index (κ1) is 11.3. The van der Waals surface area contributed by atoms with Gasteiger partial charge in [0.25, 0.3) is 0 Å². The highest BCUT2D eigenvalue weighted by Gasteiger charge is 2.10. The second kappa shape index (κ2) is 5.27. The lowest BCUT2D eigenvalue weighted by Crippen LogP contribution is -1.96. The number of hydrogen-bond acceptors (Lipinski definition) is 2.